The Kier molecular flexibility index (Phi) is 1.68. The van der Waals surface area contributed by atoms with Gasteiger partial charge in [0.15, 0.2) is 5.12 Å². The molecule has 1 aliphatic rings. The zero-order chi connectivity index (χ0) is 5.98. The summed E-state index contributed by atoms with van der Waals surface area (Å²) in [5.41, 5.74) is 0. The van der Waals surface area contributed by atoms with Crippen LogP contribution < -0.4 is 0 Å². The largest absolute Gasteiger partial charge is 0.303 e. The first-order valence-electron chi connectivity index (χ1n) is 2.46. The van der Waals surface area contributed by atoms with Gasteiger partial charge in [0.25, 0.3) is 0 Å². The smallest absolute Gasteiger partial charge is 0.199 e. The van der Waals surface area contributed by atoms with Crippen LogP contribution in [0.4, 0.5) is 0 Å². The highest BCUT2D eigenvalue weighted by Crippen LogP contribution is 2.23. The van der Waals surface area contributed by atoms with Crippen LogP contribution in [0.25, 0.3) is 0 Å². The van der Waals surface area contributed by atoms with Crippen LogP contribution in [0.1, 0.15) is 6.42 Å². The second-order valence-corrected chi connectivity index (χ2v) is 2.80. The van der Waals surface area contributed by atoms with E-state index in [-0.39, 0.29) is 11.0 Å². The van der Waals surface area contributed by atoms with E-state index in [9.17, 15) is 9.59 Å². The van der Waals surface area contributed by atoms with Crippen LogP contribution >= 0.6 is 11.8 Å². The monoisotopic (exact) mass is 130 g/mol. The molecule has 1 heterocycles. The van der Waals surface area contributed by atoms with E-state index in [1.807, 2.05) is 0 Å². The van der Waals surface area contributed by atoms with Gasteiger partial charge in [-0.1, -0.05) is 11.8 Å². The van der Waals surface area contributed by atoms with Crippen molar-refractivity contribution in [2.24, 2.45) is 5.92 Å². The number of aldehydes is 1. The average Bonchev–Trinajstić information content (AvgIpc) is 2.14. The fourth-order valence-electron chi connectivity index (χ4n) is 0.635. The molecule has 44 valence electrons. The number of carbonyl (C=O) groups is 2. The topological polar surface area (TPSA) is 34.1 Å². The van der Waals surface area contributed by atoms with Crippen LogP contribution in [-0.4, -0.2) is 17.2 Å². The molecule has 1 fully saturated rings. The van der Waals surface area contributed by atoms with Gasteiger partial charge in [0.05, 0.1) is 5.92 Å². The van der Waals surface area contributed by atoms with Crippen LogP contribution in [0, 0.1) is 5.92 Å². The molecule has 0 bridgehead atoms. The van der Waals surface area contributed by atoms with Crippen molar-refractivity contribution in [2.75, 3.05) is 5.75 Å². The Bertz CT molecular complexity index is 122. The summed E-state index contributed by atoms with van der Waals surface area (Å²) in [7, 11) is 0. The maximum absolute atomic E-state index is 10.5. The summed E-state index contributed by atoms with van der Waals surface area (Å²) in [5.74, 6) is 0.530. The molecule has 0 spiro atoms. The molecule has 0 N–H and O–H groups in total. The van der Waals surface area contributed by atoms with Crippen LogP contribution in [-0.2, 0) is 9.59 Å². The van der Waals surface area contributed by atoms with Crippen molar-refractivity contribution < 1.29 is 9.59 Å². The van der Waals surface area contributed by atoms with Gasteiger partial charge < -0.3 is 4.79 Å². The minimum atomic E-state index is -0.292. The van der Waals surface area contributed by atoms with Crippen molar-refractivity contribution in [1.29, 1.82) is 0 Å². The first-order chi connectivity index (χ1) is 3.84. The predicted molar refractivity (Wildman–Crippen MR) is 31.6 cm³/mol. The van der Waals surface area contributed by atoms with Crippen molar-refractivity contribution in [3.63, 3.8) is 0 Å². The van der Waals surface area contributed by atoms with Crippen molar-refractivity contribution in [3.8, 4) is 0 Å². The van der Waals surface area contributed by atoms with Crippen molar-refractivity contribution in [3.05, 3.63) is 0 Å². The van der Waals surface area contributed by atoms with Gasteiger partial charge >= 0.3 is 0 Å². The number of hydrogen-bond donors (Lipinski definition) is 0. The average molecular weight is 130 g/mol. The first-order valence-corrected chi connectivity index (χ1v) is 3.45. The zero-order valence-electron chi connectivity index (χ0n) is 4.29. The Labute approximate surface area is 51.6 Å². The standard InChI is InChI=1S/C5H6O2S/c6-3-4-1-2-8-5(4)7/h3-4H,1-2H2. The molecule has 1 saturated heterocycles. The molecule has 3 heteroatoms. The van der Waals surface area contributed by atoms with E-state index < -0.39 is 0 Å². The van der Waals surface area contributed by atoms with Crippen LogP contribution in [0.5, 0.6) is 0 Å². The summed E-state index contributed by atoms with van der Waals surface area (Å²) in [6.45, 7) is 0. The Hall–Kier alpha value is -0.310. The molecule has 1 aliphatic heterocycles. The molecule has 0 aromatic rings. The highest BCUT2D eigenvalue weighted by Gasteiger charge is 2.23. The summed E-state index contributed by atoms with van der Waals surface area (Å²) >= 11 is 1.26. The van der Waals surface area contributed by atoms with Crippen LogP contribution in [0.15, 0.2) is 0 Å². The third kappa shape index (κ3) is 0.916. The molecule has 0 aromatic heterocycles. The number of carbonyl (C=O) groups excluding carboxylic acids is 2. The van der Waals surface area contributed by atoms with E-state index in [1.54, 1.807) is 0 Å². The van der Waals surface area contributed by atoms with E-state index in [2.05, 4.69) is 0 Å². The number of thioether (sulfide) groups is 1. The van der Waals surface area contributed by atoms with E-state index in [0.717, 1.165) is 18.5 Å². The fourth-order valence-corrected chi connectivity index (χ4v) is 1.60. The van der Waals surface area contributed by atoms with Gasteiger partial charge in [-0.15, -0.1) is 0 Å². The Morgan fingerprint density at radius 3 is 2.75 bits per heavy atom. The summed E-state index contributed by atoms with van der Waals surface area (Å²) in [6, 6.07) is 0. The molecule has 1 atom stereocenters. The molecule has 0 radical (unpaired) electrons. The lowest BCUT2D eigenvalue weighted by molar-refractivity contribution is -0.120. The molecular formula is C5H6O2S. The van der Waals surface area contributed by atoms with Gasteiger partial charge in [-0.05, 0) is 6.42 Å². The lowest BCUT2D eigenvalue weighted by Crippen LogP contribution is -2.04. The summed E-state index contributed by atoms with van der Waals surface area (Å²) in [5, 5.41) is 0.0417. The maximum Gasteiger partial charge on any atom is 0.199 e. The Morgan fingerprint density at radius 1 is 1.75 bits per heavy atom. The van der Waals surface area contributed by atoms with Gasteiger partial charge in [0.1, 0.15) is 6.29 Å². The molecule has 0 amide bonds. The molecule has 0 aromatic carbocycles. The first kappa shape index (κ1) is 5.82. The van der Waals surface area contributed by atoms with Crippen molar-refractivity contribution in [2.45, 2.75) is 6.42 Å². The third-order valence-corrected chi connectivity index (χ3v) is 2.17. The highest BCUT2D eigenvalue weighted by molar-refractivity contribution is 8.14. The number of rotatable bonds is 1. The minimum Gasteiger partial charge on any atom is -0.303 e. The molecule has 8 heavy (non-hydrogen) atoms. The molecule has 1 unspecified atom stereocenters. The summed E-state index contributed by atoms with van der Waals surface area (Å²) in [6.07, 6.45) is 1.48. The fraction of sp³-hybridized carbons (Fsp3) is 0.600. The predicted octanol–water partition coefficient (Wildman–Crippen LogP) is 0.465. The van der Waals surface area contributed by atoms with Gasteiger partial charge in [-0.3, -0.25) is 4.79 Å². The lowest BCUT2D eigenvalue weighted by Gasteiger charge is -1.88. The van der Waals surface area contributed by atoms with Crippen molar-refractivity contribution >= 4 is 23.2 Å². The SMILES string of the molecule is O=CC1CCSC1=O. The molecule has 0 aliphatic carbocycles. The van der Waals surface area contributed by atoms with E-state index in [1.165, 1.54) is 11.8 Å². The zero-order valence-corrected chi connectivity index (χ0v) is 5.11. The molecule has 0 saturated carbocycles. The molecule has 2 nitrogen and oxygen atoms in total. The normalized spacial score (nSPS) is 28.5. The highest BCUT2D eigenvalue weighted by atomic mass is 32.2. The maximum atomic E-state index is 10.5. The second kappa shape index (κ2) is 2.31. The molecule has 1 rings (SSSR count). The van der Waals surface area contributed by atoms with E-state index >= 15 is 0 Å². The summed E-state index contributed by atoms with van der Waals surface area (Å²) in [4.78, 5) is 20.5. The van der Waals surface area contributed by atoms with Gasteiger partial charge in [-0.25, -0.2) is 0 Å². The van der Waals surface area contributed by atoms with E-state index in [4.69, 9.17) is 0 Å². The molecular weight excluding hydrogens is 124 g/mol. The van der Waals surface area contributed by atoms with Gasteiger partial charge in [0.2, 0.25) is 0 Å². The number of hydrogen-bond acceptors (Lipinski definition) is 3. The Morgan fingerprint density at radius 2 is 2.50 bits per heavy atom. The van der Waals surface area contributed by atoms with E-state index in [0.29, 0.717) is 0 Å². The van der Waals surface area contributed by atoms with Gasteiger partial charge in [0, 0.05) is 5.75 Å². The van der Waals surface area contributed by atoms with Crippen LogP contribution in [0.2, 0.25) is 0 Å². The second-order valence-electron chi connectivity index (χ2n) is 1.70. The lowest BCUT2D eigenvalue weighted by atomic mass is 10.1. The minimum absolute atomic E-state index is 0.0417. The van der Waals surface area contributed by atoms with Crippen molar-refractivity contribution in [1.82, 2.24) is 0 Å². The Balaban J connectivity index is 2.54. The van der Waals surface area contributed by atoms with Gasteiger partial charge in [-0.2, -0.15) is 0 Å². The quantitative estimate of drug-likeness (QED) is 0.382. The van der Waals surface area contributed by atoms with Crippen LogP contribution in [0.3, 0.4) is 0 Å². The summed E-state index contributed by atoms with van der Waals surface area (Å²) < 4.78 is 0. The third-order valence-electron chi connectivity index (χ3n) is 1.14.